The van der Waals surface area contributed by atoms with E-state index in [-0.39, 0.29) is 7.92 Å². The highest BCUT2D eigenvalue weighted by Crippen LogP contribution is 2.60. The van der Waals surface area contributed by atoms with Crippen LogP contribution in [0.3, 0.4) is 0 Å². The van der Waals surface area contributed by atoms with E-state index in [2.05, 4.69) is 74.2 Å². The quantitative estimate of drug-likeness (QED) is 0.626. The molecule has 0 amide bonds. The van der Waals surface area contributed by atoms with Crippen molar-refractivity contribution in [2.24, 2.45) is 0 Å². The summed E-state index contributed by atoms with van der Waals surface area (Å²) in [4.78, 5) is 0. The SMILES string of the molecule is [CH]1[CH][CH][C](P2Cc3ccccc3-c3ccccc3C2)[CH]1. The minimum atomic E-state index is -0.130. The summed E-state index contributed by atoms with van der Waals surface area (Å²) in [5.41, 5.74) is 7.40. The molecule has 0 aromatic heterocycles. The minimum absolute atomic E-state index is 0.130. The molecule has 0 atom stereocenters. The second-order valence-corrected chi connectivity index (χ2v) is 7.54. The summed E-state index contributed by atoms with van der Waals surface area (Å²) in [6, 6.07) is 17.8. The van der Waals surface area contributed by atoms with Gasteiger partial charge in [-0.25, -0.2) is 0 Å². The first-order valence-electron chi connectivity index (χ1n) is 7.05. The Morgan fingerprint density at radius 2 is 1.15 bits per heavy atom. The summed E-state index contributed by atoms with van der Waals surface area (Å²) in [6.45, 7) is 0. The average Bonchev–Trinajstić information content (AvgIpc) is 2.97. The van der Waals surface area contributed by atoms with Crippen LogP contribution in [0.4, 0.5) is 0 Å². The summed E-state index contributed by atoms with van der Waals surface area (Å²) in [6.07, 6.45) is 11.3. The standard InChI is InChI=1S/C19H16P/c1-5-11-18-15(7-1)13-20(17-9-3-4-10-17)14-16-8-2-6-12-19(16)18/h1-12H,13-14H2. The summed E-state index contributed by atoms with van der Waals surface area (Å²) >= 11 is 0. The zero-order valence-electron chi connectivity index (χ0n) is 11.3. The van der Waals surface area contributed by atoms with Crippen LogP contribution in [0.25, 0.3) is 11.1 Å². The molecule has 1 saturated carbocycles. The first-order valence-corrected chi connectivity index (χ1v) is 8.76. The van der Waals surface area contributed by atoms with Gasteiger partial charge < -0.3 is 0 Å². The van der Waals surface area contributed by atoms with Crippen LogP contribution in [-0.2, 0) is 12.3 Å². The van der Waals surface area contributed by atoms with Gasteiger partial charge in [-0.2, -0.15) is 0 Å². The van der Waals surface area contributed by atoms with Crippen LogP contribution < -0.4 is 0 Å². The predicted molar refractivity (Wildman–Crippen MR) is 86.6 cm³/mol. The van der Waals surface area contributed by atoms with E-state index >= 15 is 0 Å². The fourth-order valence-electron chi connectivity index (χ4n) is 3.07. The average molecular weight is 275 g/mol. The molecule has 0 saturated heterocycles. The molecule has 0 unspecified atom stereocenters. The van der Waals surface area contributed by atoms with Crippen LogP contribution in [0.5, 0.6) is 0 Å². The van der Waals surface area contributed by atoms with Crippen LogP contribution in [0.15, 0.2) is 48.5 Å². The number of hydrogen-bond donors (Lipinski definition) is 0. The Hall–Kier alpha value is -1.13. The molecule has 2 aromatic rings. The Morgan fingerprint density at radius 3 is 1.70 bits per heavy atom. The van der Waals surface area contributed by atoms with Crippen molar-refractivity contribution in [2.75, 3.05) is 0 Å². The first-order chi connectivity index (χ1) is 9.92. The fraction of sp³-hybridized carbons (Fsp3) is 0.105. The number of fused-ring (bicyclic) bond motifs is 3. The normalized spacial score (nSPS) is 19.4. The molecule has 2 aliphatic rings. The molecule has 1 aliphatic heterocycles. The summed E-state index contributed by atoms with van der Waals surface area (Å²) in [5, 5.41) is 0. The van der Waals surface area contributed by atoms with Gasteiger partial charge in [-0.15, -0.1) is 0 Å². The maximum Gasteiger partial charge on any atom is 0.00813 e. The van der Waals surface area contributed by atoms with Gasteiger partial charge in [-0.3, -0.25) is 0 Å². The predicted octanol–water partition coefficient (Wildman–Crippen LogP) is 5.21. The van der Waals surface area contributed by atoms with Crippen molar-refractivity contribution in [3.8, 4) is 11.1 Å². The van der Waals surface area contributed by atoms with E-state index in [9.17, 15) is 0 Å². The van der Waals surface area contributed by atoms with Gasteiger partial charge in [0.05, 0.1) is 0 Å². The molecule has 0 spiro atoms. The Morgan fingerprint density at radius 1 is 0.650 bits per heavy atom. The molecule has 5 radical (unpaired) electrons. The maximum absolute atomic E-state index is 2.30. The Labute approximate surface area is 123 Å². The smallest absolute Gasteiger partial charge is 0.00813 e. The van der Waals surface area contributed by atoms with Crippen LogP contribution in [0.2, 0.25) is 0 Å². The largest absolute Gasteiger partial charge is 0.0898 e. The number of rotatable bonds is 1. The molecule has 0 nitrogen and oxygen atoms in total. The highest BCUT2D eigenvalue weighted by Gasteiger charge is 2.29. The van der Waals surface area contributed by atoms with E-state index in [0.29, 0.717) is 0 Å². The molecule has 1 fully saturated rings. The van der Waals surface area contributed by atoms with Crippen molar-refractivity contribution in [1.82, 2.24) is 0 Å². The Kier molecular flexibility index (Phi) is 3.36. The Balaban J connectivity index is 1.81. The van der Waals surface area contributed by atoms with E-state index in [1.54, 1.807) is 0 Å². The molecule has 1 heterocycles. The molecular formula is C19H16P. The van der Waals surface area contributed by atoms with Gasteiger partial charge in [-0.1, -0.05) is 56.5 Å². The second kappa shape index (κ2) is 5.34. The highest BCUT2D eigenvalue weighted by atomic mass is 31.1. The topological polar surface area (TPSA) is 0 Å². The molecular weight excluding hydrogens is 259 g/mol. The third kappa shape index (κ3) is 2.21. The van der Waals surface area contributed by atoms with Gasteiger partial charge in [0.2, 0.25) is 0 Å². The van der Waals surface area contributed by atoms with Crippen molar-refractivity contribution in [1.29, 1.82) is 0 Å². The molecule has 4 rings (SSSR count). The van der Waals surface area contributed by atoms with Crippen LogP contribution in [0.1, 0.15) is 11.1 Å². The third-order valence-corrected chi connectivity index (χ3v) is 6.53. The molecule has 2 aromatic carbocycles. The van der Waals surface area contributed by atoms with Crippen LogP contribution >= 0.6 is 7.92 Å². The molecule has 0 bridgehead atoms. The van der Waals surface area contributed by atoms with Gasteiger partial charge >= 0.3 is 0 Å². The van der Waals surface area contributed by atoms with Crippen molar-refractivity contribution < 1.29 is 0 Å². The van der Waals surface area contributed by atoms with E-state index in [4.69, 9.17) is 0 Å². The van der Waals surface area contributed by atoms with E-state index in [0.717, 1.165) is 0 Å². The minimum Gasteiger partial charge on any atom is -0.0898 e. The van der Waals surface area contributed by atoms with Crippen LogP contribution in [-0.4, -0.2) is 0 Å². The fourth-order valence-corrected chi connectivity index (χ4v) is 5.51. The van der Waals surface area contributed by atoms with Crippen molar-refractivity contribution >= 4 is 7.92 Å². The van der Waals surface area contributed by atoms with Gasteiger partial charge in [0, 0.05) is 5.66 Å². The van der Waals surface area contributed by atoms with Gasteiger partial charge in [0.15, 0.2) is 0 Å². The highest BCUT2D eigenvalue weighted by molar-refractivity contribution is 7.59. The summed E-state index contributed by atoms with van der Waals surface area (Å²) in [5.74, 6) is 0. The number of hydrogen-bond acceptors (Lipinski definition) is 0. The van der Waals surface area contributed by atoms with E-state index in [1.807, 2.05) is 0 Å². The monoisotopic (exact) mass is 275 g/mol. The van der Waals surface area contributed by atoms with Gasteiger partial charge in [0.1, 0.15) is 0 Å². The lowest BCUT2D eigenvalue weighted by Gasteiger charge is -2.22. The zero-order valence-corrected chi connectivity index (χ0v) is 12.2. The molecule has 97 valence electrons. The lowest BCUT2D eigenvalue weighted by atomic mass is 9.97. The second-order valence-electron chi connectivity index (χ2n) is 5.31. The van der Waals surface area contributed by atoms with E-state index in [1.165, 1.54) is 40.2 Å². The van der Waals surface area contributed by atoms with E-state index < -0.39 is 0 Å². The molecule has 1 heteroatoms. The zero-order chi connectivity index (χ0) is 13.4. The van der Waals surface area contributed by atoms with Crippen LogP contribution in [0, 0.1) is 31.3 Å². The number of benzene rings is 2. The lowest BCUT2D eigenvalue weighted by Crippen LogP contribution is -1.95. The first kappa shape index (κ1) is 12.6. The van der Waals surface area contributed by atoms with Crippen molar-refractivity contribution in [3.05, 3.63) is 91.0 Å². The van der Waals surface area contributed by atoms with Crippen molar-refractivity contribution in [3.63, 3.8) is 0 Å². The Bertz CT molecular complexity index is 563. The third-order valence-electron chi connectivity index (χ3n) is 4.06. The maximum atomic E-state index is 2.30. The molecule has 1 aliphatic carbocycles. The molecule has 20 heavy (non-hydrogen) atoms. The summed E-state index contributed by atoms with van der Waals surface area (Å²) in [7, 11) is -0.130. The van der Waals surface area contributed by atoms with Gasteiger partial charge in [0.25, 0.3) is 0 Å². The summed E-state index contributed by atoms with van der Waals surface area (Å²) < 4.78 is 0. The van der Waals surface area contributed by atoms with Crippen molar-refractivity contribution in [2.45, 2.75) is 12.3 Å². The van der Waals surface area contributed by atoms with Gasteiger partial charge in [-0.05, 0) is 60.3 Å². The molecule has 0 N–H and O–H groups in total. The lowest BCUT2D eigenvalue weighted by molar-refractivity contribution is 1.33.